The fraction of sp³-hybridized carbons (Fsp3) is 0.182. The number of imidazole rings is 1. The number of rotatable bonds is 2. The van der Waals surface area contributed by atoms with E-state index in [1.54, 1.807) is 0 Å². The molecule has 0 aliphatic rings. The summed E-state index contributed by atoms with van der Waals surface area (Å²) >= 11 is 0. The van der Waals surface area contributed by atoms with Crippen molar-refractivity contribution in [2.24, 2.45) is 7.05 Å². The molecule has 8 heteroatoms. The van der Waals surface area contributed by atoms with Gasteiger partial charge < -0.3 is 4.57 Å². The quantitative estimate of drug-likeness (QED) is 0.623. The number of halogens is 3. The largest absolute Gasteiger partial charge is 0.434 e. The second-order valence-corrected chi connectivity index (χ2v) is 3.86. The zero-order chi connectivity index (χ0) is 14.2. The van der Waals surface area contributed by atoms with Crippen LogP contribution >= 0.6 is 0 Å². The molecule has 19 heavy (non-hydrogen) atoms. The molecule has 1 aromatic heterocycles. The summed E-state index contributed by atoms with van der Waals surface area (Å²) in [6, 6.07) is 5.16. The van der Waals surface area contributed by atoms with Gasteiger partial charge in [-0.1, -0.05) is 0 Å². The van der Waals surface area contributed by atoms with Crippen molar-refractivity contribution in [3.05, 3.63) is 46.3 Å². The molecule has 2 aromatic rings. The molecule has 0 radical (unpaired) electrons. The first-order valence-electron chi connectivity index (χ1n) is 5.14. The van der Waals surface area contributed by atoms with Gasteiger partial charge in [-0.2, -0.15) is 13.2 Å². The van der Waals surface area contributed by atoms with Crippen LogP contribution in [-0.2, 0) is 13.2 Å². The highest BCUT2D eigenvalue weighted by Crippen LogP contribution is 2.30. The highest BCUT2D eigenvalue weighted by atomic mass is 19.4. The highest BCUT2D eigenvalue weighted by Gasteiger charge is 2.34. The van der Waals surface area contributed by atoms with Crippen molar-refractivity contribution in [3.8, 4) is 11.4 Å². The monoisotopic (exact) mass is 271 g/mol. The number of non-ortho nitro benzene ring substituents is 1. The summed E-state index contributed by atoms with van der Waals surface area (Å²) < 4.78 is 38.7. The minimum absolute atomic E-state index is 0.0993. The van der Waals surface area contributed by atoms with Gasteiger partial charge >= 0.3 is 6.18 Å². The number of nitro groups is 1. The lowest BCUT2D eigenvalue weighted by Crippen LogP contribution is -2.04. The lowest BCUT2D eigenvalue weighted by atomic mass is 10.2. The van der Waals surface area contributed by atoms with Gasteiger partial charge in [0.15, 0.2) is 5.69 Å². The van der Waals surface area contributed by atoms with E-state index in [-0.39, 0.29) is 11.5 Å². The van der Waals surface area contributed by atoms with Crippen molar-refractivity contribution < 1.29 is 18.1 Å². The number of benzene rings is 1. The van der Waals surface area contributed by atoms with Crippen LogP contribution in [0.5, 0.6) is 0 Å². The predicted octanol–water partition coefficient (Wildman–Crippen LogP) is 3.01. The minimum Gasteiger partial charge on any atom is -0.333 e. The van der Waals surface area contributed by atoms with Crippen LogP contribution in [0.1, 0.15) is 5.69 Å². The average molecular weight is 271 g/mol. The van der Waals surface area contributed by atoms with Crippen molar-refractivity contribution in [1.82, 2.24) is 9.55 Å². The Morgan fingerprint density at radius 2 is 1.84 bits per heavy atom. The minimum atomic E-state index is -4.52. The van der Waals surface area contributed by atoms with Crippen LogP contribution in [0.4, 0.5) is 18.9 Å². The standard InChI is InChI=1S/C11H8F3N3O2/c1-16-6-9(11(12,13)14)15-10(16)7-2-4-8(5-3-7)17(18)19/h2-6H,1H3. The number of hydrogen-bond donors (Lipinski definition) is 0. The van der Waals surface area contributed by atoms with Crippen molar-refractivity contribution >= 4 is 5.69 Å². The third-order valence-electron chi connectivity index (χ3n) is 2.50. The molecular formula is C11H8F3N3O2. The van der Waals surface area contributed by atoms with Crippen LogP contribution in [0.3, 0.4) is 0 Å². The summed E-state index contributed by atoms with van der Waals surface area (Å²) in [6.07, 6.45) is -3.65. The van der Waals surface area contributed by atoms with Crippen molar-refractivity contribution in [3.63, 3.8) is 0 Å². The Labute approximate surface area is 105 Å². The van der Waals surface area contributed by atoms with E-state index in [2.05, 4.69) is 4.98 Å². The molecule has 0 aliphatic carbocycles. The van der Waals surface area contributed by atoms with Crippen LogP contribution in [0.15, 0.2) is 30.5 Å². The Hall–Kier alpha value is -2.38. The Balaban J connectivity index is 2.42. The molecule has 0 amide bonds. The smallest absolute Gasteiger partial charge is 0.333 e. The van der Waals surface area contributed by atoms with Gasteiger partial charge in [0.05, 0.1) is 4.92 Å². The molecule has 0 fully saturated rings. The van der Waals surface area contributed by atoms with E-state index in [1.807, 2.05) is 0 Å². The number of alkyl halides is 3. The SMILES string of the molecule is Cn1cc(C(F)(F)F)nc1-c1ccc([N+](=O)[O-])cc1. The van der Waals surface area contributed by atoms with Gasteiger partial charge in [-0.05, 0) is 12.1 Å². The molecule has 1 heterocycles. The van der Waals surface area contributed by atoms with E-state index in [0.717, 1.165) is 6.20 Å². The summed E-state index contributed by atoms with van der Waals surface area (Å²) in [5.41, 5.74) is -0.749. The maximum absolute atomic E-state index is 12.5. The highest BCUT2D eigenvalue weighted by molar-refractivity contribution is 5.58. The topological polar surface area (TPSA) is 61.0 Å². The fourth-order valence-electron chi connectivity index (χ4n) is 1.60. The van der Waals surface area contributed by atoms with Gasteiger partial charge in [0.1, 0.15) is 5.82 Å². The van der Waals surface area contributed by atoms with Gasteiger partial charge in [0.25, 0.3) is 5.69 Å². The lowest BCUT2D eigenvalue weighted by Gasteiger charge is -2.01. The molecule has 5 nitrogen and oxygen atoms in total. The summed E-state index contributed by atoms with van der Waals surface area (Å²) in [5, 5.41) is 10.5. The molecule has 2 rings (SSSR count). The zero-order valence-electron chi connectivity index (χ0n) is 9.68. The van der Waals surface area contributed by atoms with Gasteiger partial charge in [0.2, 0.25) is 0 Å². The van der Waals surface area contributed by atoms with E-state index in [9.17, 15) is 23.3 Å². The van der Waals surface area contributed by atoms with Gasteiger partial charge in [-0.25, -0.2) is 4.98 Å². The second-order valence-electron chi connectivity index (χ2n) is 3.86. The molecule has 0 saturated heterocycles. The normalized spacial score (nSPS) is 11.6. The summed E-state index contributed by atoms with van der Waals surface area (Å²) in [6.45, 7) is 0. The maximum Gasteiger partial charge on any atom is 0.434 e. The molecular weight excluding hydrogens is 263 g/mol. The predicted molar refractivity (Wildman–Crippen MR) is 60.3 cm³/mol. The molecule has 100 valence electrons. The van der Waals surface area contributed by atoms with Crippen LogP contribution < -0.4 is 0 Å². The molecule has 0 atom stereocenters. The first-order valence-corrected chi connectivity index (χ1v) is 5.14. The lowest BCUT2D eigenvalue weighted by molar-refractivity contribution is -0.384. The maximum atomic E-state index is 12.5. The Bertz CT molecular complexity index is 617. The van der Waals surface area contributed by atoms with E-state index < -0.39 is 16.8 Å². The molecule has 0 aliphatic heterocycles. The number of nitrogens with zero attached hydrogens (tertiary/aromatic N) is 3. The summed E-state index contributed by atoms with van der Waals surface area (Å²) in [5.74, 6) is 0.0993. The molecule has 0 N–H and O–H groups in total. The third kappa shape index (κ3) is 2.56. The van der Waals surface area contributed by atoms with Crippen LogP contribution in [-0.4, -0.2) is 14.5 Å². The number of hydrogen-bond acceptors (Lipinski definition) is 3. The van der Waals surface area contributed by atoms with Crippen LogP contribution in [0.2, 0.25) is 0 Å². The first-order chi connectivity index (χ1) is 8.79. The van der Waals surface area contributed by atoms with Gasteiger partial charge in [-0.15, -0.1) is 0 Å². The van der Waals surface area contributed by atoms with Gasteiger partial charge in [-0.3, -0.25) is 10.1 Å². The Kier molecular flexibility index (Phi) is 3.01. The Morgan fingerprint density at radius 3 is 2.26 bits per heavy atom. The molecule has 0 saturated carbocycles. The van der Waals surface area contributed by atoms with Crippen molar-refractivity contribution in [2.75, 3.05) is 0 Å². The summed E-state index contributed by atoms with van der Waals surface area (Å²) in [4.78, 5) is 13.4. The van der Waals surface area contributed by atoms with Crippen molar-refractivity contribution in [1.29, 1.82) is 0 Å². The van der Waals surface area contributed by atoms with Crippen molar-refractivity contribution in [2.45, 2.75) is 6.18 Å². The van der Waals surface area contributed by atoms with E-state index >= 15 is 0 Å². The first kappa shape index (κ1) is 13.1. The second kappa shape index (κ2) is 4.38. The van der Waals surface area contributed by atoms with Crippen LogP contribution in [0.25, 0.3) is 11.4 Å². The third-order valence-corrected chi connectivity index (χ3v) is 2.50. The molecule has 0 unspecified atom stereocenters. The molecule has 0 spiro atoms. The molecule has 0 bridgehead atoms. The van der Waals surface area contributed by atoms with E-state index in [0.29, 0.717) is 5.56 Å². The Morgan fingerprint density at radius 1 is 1.26 bits per heavy atom. The average Bonchev–Trinajstić information content (AvgIpc) is 2.71. The zero-order valence-corrected chi connectivity index (χ0v) is 9.68. The van der Waals surface area contributed by atoms with Crippen LogP contribution in [0, 0.1) is 10.1 Å². The summed E-state index contributed by atoms with van der Waals surface area (Å²) in [7, 11) is 1.43. The fourth-order valence-corrected chi connectivity index (χ4v) is 1.60. The molecule has 1 aromatic carbocycles. The van der Waals surface area contributed by atoms with Gasteiger partial charge in [0, 0.05) is 30.9 Å². The number of nitro benzene ring substituents is 1. The number of aromatic nitrogens is 2. The van der Waals surface area contributed by atoms with E-state index in [1.165, 1.54) is 35.9 Å². The number of aryl methyl sites for hydroxylation is 1. The van der Waals surface area contributed by atoms with E-state index in [4.69, 9.17) is 0 Å².